The smallest absolute Gasteiger partial charge is 0.257 e. The van der Waals surface area contributed by atoms with Gasteiger partial charge in [-0.15, -0.1) is 0 Å². The van der Waals surface area contributed by atoms with Gasteiger partial charge in [-0.25, -0.2) is 0 Å². The highest BCUT2D eigenvalue weighted by Crippen LogP contribution is 2.22. The Kier molecular flexibility index (Phi) is 3.98. The Morgan fingerprint density at radius 1 is 1.39 bits per heavy atom. The van der Waals surface area contributed by atoms with E-state index in [4.69, 9.17) is 15.0 Å². The Morgan fingerprint density at radius 2 is 2.06 bits per heavy atom. The van der Waals surface area contributed by atoms with Gasteiger partial charge in [-0.1, -0.05) is 5.16 Å². The largest absolute Gasteiger partial charge is 0.382 e. The average Bonchev–Trinajstić information content (AvgIpc) is 2.80. The van der Waals surface area contributed by atoms with Gasteiger partial charge < -0.3 is 15.0 Å². The molecule has 1 unspecified atom stereocenters. The molecule has 2 aromatic rings. The Hall–Kier alpha value is -0.990. The van der Waals surface area contributed by atoms with Gasteiger partial charge in [0.1, 0.15) is 5.54 Å². The van der Waals surface area contributed by atoms with E-state index in [1.165, 1.54) is 0 Å². The minimum atomic E-state index is -0.750. The van der Waals surface area contributed by atoms with E-state index in [1.807, 2.05) is 24.3 Å². The van der Waals surface area contributed by atoms with E-state index in [2.05, 4.69) is 32.7 Å². The summed E-state index contributed by atoms with van der Waals surface area (Å²) in [6, 6.07) is 7.83. The van der Waals surface area contributed by atoms with Crippen LogP contribution >= 0.6 is 22.6 Å². The Labute approximate surface area is 119 Å². The number of methoxy groups -OCH3 is 1. The standard InChI is InChI=1S/C12H14IN3O2/c1-12(14,7-17-2)11-15-10(18-16-11)8-3-5-9(13)6-4-8/h3-6H,7,14H2,1-2H3. The second-order valence-corrected chi connectivity index (χ2v) is 5.53. The van der Waals surface area contributed by atoms with E-state index in [0.717, 1.165) is 9.13 Å². The molecule has 0 aliphatic carbocycles. The number of halogens is 1. The Bertz CT molecular complexity index is 522. The van der Waals surface area contributed by atoms with Gasteiger partial charge in [0.05, 0.1) is 6.61 Å². The SMILES string of the molecule is COCC(C)(N)c1noc(-c2ccc(I)cc2)n1. The highest BCUT2D eigenvalue weighted by molar-refractivity contribution is 14.1. The molecule has 2 rings (SSSR count). The van der Waals surface area contributed by atoms with Crippen molar-refractivity contribution in [3.63, 3.8) is 0 Å². The molecular weight excluding hydrogens is 345 g/mol. The van der Waals surface area contributed by atoms with Crippen molar-refractivity contribution in [2.45, 2.75) is 12.5 Å². The molecule has 0 bridgehead atoms. The molecule has 18 heavy (non-hydrogen) atoms. The van der Waals surface area contributed by atoms with Crippen LogP contribution in [0.3, 0.4) is 0 Å². The molecule has 0 spiro atoms. The molecule has 0 saturated heterocycles. The maximum absolute atomic E-state index is 6.05. The summed E-state index contributed by atoms with van der Waals surface area (Å²) in [6.45, 7) is 2.14. The predicted octanol–water partition coefficient (Wildman–Crippen LogP) is 2.16. The van der Waals surface area contributed by atoms with E-state index >= 15 is 0 Å². The first-order chi connectivity index (χ1) is 8.53. The molecule has 6 heteroatoms. The maximum atomic E-state index is 6.05. The molecule has 0 amide bonds. The molecule has 0 aliphatic rings. The van der Waals surface area contributed by atoms with Gasteiger partial charge in [-0.3, -0.25) is 0 Å². The van der Waals surface area contributed by atoms with Crippen LogP contribution in [0, 0.1) is 3.57 Å². The first-order valence-electron chi connectivity index (χ1n) is 5.41. The highest BCUT2D eigenvalue weighted by Gasteiger charge is 2.27. The summed E-state index contributed by atoms with van der Waals surface area (Å²) in [5, 5.41) is 3.91. The monoisotopic (exact) mass is 359 g/mol. The second-order valence-electron chi connectivity index (χ2n) is 4.28. The summed E-state index contributed by atoms with van der Waals surface area (Å²) >= 11 is 2.24. The van der Waals surface area contributed by atoms with Crippen LogP contribution in [0.5, 0.6) is 0 Å². The van der Waals surface area contributed by atoms with Crippen LogP contribution in [-0.2, 0) is 10.3 Å². The maximum Gasteiger partial charge on any atom is 0.257 e. The van der Waals surface area contributed by atoms with Crippen LogP contribution in [0.2, 0.25) is 0 Å². The fourth-order valence-electron chi connectivity index (χ4n) is 1.53. The minimum absolute atomic E-state index is 0.332. The van der Waals surface area contributed by atoms with E-state index in [-0.39, 0.29) is 0 Å². The van der Waals surface area contributed by atoms with Crippen molar-refractivity contribution in [2.24, 2.45) is 5.73 Å². The number of nitrogens with zero attached hydrogens (tertiary/aromatic N) is 2. The molecule has 5 nitrogen and oxygen atoms in total. The topological polar surface area (TPSA) is 74.2 Å². The van der Waals surface area contributed by atoms with Crippen LogP contribution < -0.4 is 5.73 Å². The number of rotatable bonds is 4. The molecule has 0 fully saturated rings. The lowest BCUT2D eigenvalue weighted by molar-refractivity contribution is 0.135. The highest BCUT2D eigenvalue weighted by atomic mass is 127. The second kappa shape index (κ2) is 5.33. The number of ether oxygens (including phenoxy) is 1. The summed E-state index contributed by atoms with van der Waals surface area (Å²) in [4.78, 5) is 4.32. The number of nitrogens with two attached hydrogens (primary N) is 1. The zero-order valence-corrected chi connectivity index (χ0v) is 12.3. The third-order valence-corrected chi connectivity index (χ3v) is 3.19. The van der Waals surface area contributed by atoms with Gasteiger partial charge in [0.15, 0.2) is 5.82 Å². The lowest BCUT2D eigenvalue weighted by atomic mass is 10.1. The normalized spacial score (nSPS) is 14.4. The van der Waals surface area contributed by atoms with Crippen LogP contribution in [0.4, 0.5) is 0 Å². The Balaban J connectivity index is 2.28. The fourth-order valence-corrected chi connectivity index (χ4v) is 1.89. The van der Waals surface area contributed by atoms with Gasteiger partial charge in [0, 0.05) is 16.2 Å². The van der Waals surface area contributed by atoms with Crippen LogP contribution in [-0.4, -0.2) is 23.9 Å². The molecule has 1 aromatic heterocycles. The van der Waals surface area contributed by atoms with Gasteiger partial charge in [0.25, 0.3) is 5.89 Å². The van der Waals surface area contributed by atoms with E-state index in [1.54, 1.807) is 14.0 Å². The van der Waals surface area contributed by atoms with Crippen LogP contribution in [0.1, 0.15) is 12.7 Å². The summed E-state index contributed by atoms with van der Waals surface area (Å²) in [5.74, 6) is 0.909. The van der Waals surface area contributed by atoms with Crippen molar-refractivity contribution >= 4 is 22.6 Å². The van der Waals surface area contributed by atoms with E-state index < -0.39 is 5.54 Å². The summed E-state index contributed by atoms with van der Waals surface area (Å²) in [6.07, 6.45) is 0. The quantitative estimate of drug-likeness (QED) is 0.847. The fraction of sp³-hybridized carbons (Fsp3) is 0.333. The first-order valence-corrected chi connectivity index (χ1v) is 6.49. The molecular formula is C12H14IN3O2. The number of hydrogen-bond acceptors (Lipinski definition) is 5. The summed E-state index contributed by atoms with van der Waals surface area (Å²) < 4.78 is 11.4. The minimum Gasteiger partial charge on any atom is -0.382 e. The van der Waals surface area contributed by atoms with Gasteiger partial charge in [-0.05, 0) is 53.8 Å². The lowest BCUT2D eigenvalue weighted by Gasteiger charge is -2.18. The number of benzene rings is 1. The molecule has 1 aromatic carbocycles. The summed E-state index contributed by atoms with van der Waals surface area (Å²) in [7, 11) is 1.59. The van der Waals surface area contributed by atoms with E-state index in [0.29, 0.717) is 18.3 Å². The zero-order valence-electron chi connectivity index (χ0n) is 10.2. The summed E-state index contributed by atoms with van der Waals surface area (Å²) in [5.41, 5.74) is 6.18. The molecule has 0 radical (unpaired) electrons. The van der Waals surface area contributed by atoms with Crippen LogP contribution in [0.15, 0.2) is 28.8 Å². The molecule has 1 atom stereocenters. The molecule has 96 valence electrons. The lowest BCUT2D eigenvalue weighted by Crippen LogP contribution is -2.38. The van der Waals surface area contributed by atoms with Gasteiger partial charge in [-0.2, -0.15) is 4.98 Å². The Morgan fingerprint density at radius 3 is 2.67 bits per heavy atom. The van der Waals surface area contributed by atoms with Crippen molar-refractivity contribution < 1.29 is 9.26 Å². The third kappa shape index (κ3) is 2.88. The van der Waals surface area contributed by atoms with Crippen molar-refractivity contribution in [1.29, 1.82) is 0 Å². The molecule has 2 N–H and O–H groups in total. The third-order valence-electron chi connectivity index (χ3n) is 2.47. The van der Waals surface area contributed by atoms with Crippen LogP contribution in [0.25, 0.3) is 11.5 Å². The number of hydrogen-bond donors (Lipinski definition) is 1. The van der Waals surface area contributed by atoms with Gasteiger partial charge >= 0.3 is 0 Å². The van der Waals surface area contributed by atoms with Crippen molar-refractivity contribution in [2.75, 3.05) is 13.7 Å². The molecule has 0 aliphatic heterocycles. The zero-order chi connectivity index (χ0) is 13.2. The molecule has 0 saturated carbocycles. The van der Waals surface area contributed by atoms with Gasteiger partial charge in [0.2, 0.25) is 0 Å². The first kappa shape index (κ1) is 13.4. The number of aromatic nitrogens is 2. The molecule has 1 heterocycles. The average molecular weight is 359 g/mol. The van der Waals surface area contributed by atoms with E-state index in [9.17, 15) is 0 Å². The van der Waals surface area contributed by atoms with Crippen molar-refractivity contribution in [3.05, 3.63) is 33.7 Å². The predicted molar refractivity (Wildman–Crippen MR) is 75.9 cm³/mol. The van der Waals surface area contributed by atoms with Crippen molar-refractivity contribution in [1.82, 2.24) is 10.1 Å². The van der Waals surface area contributed by atoms with Crippen molar-refractivity contribution in [3.8, 4) is 11.5 Å².